The molecule has 0 aromatic heterocycles. The highest BCUT2D eigenvalue weighted by Gasteiger charge is 2.48. The van der Waals surface area contributed by atoms with Gasteiger partial charge in [-0.1, -0.05) is 57.2 Å². The van der Waals surface area contributed by atoms with E-state index < -0.39 is 5.54 Å². The number of imide groups is 1. The number of hydrogen-bond acceptors (Lipinski definition) is 3. The number of nitrogens with zero attached hydrogens (tertiary/aromatic N) is 1. The Labute approximate surface area is 160 Å². The highest BCUT2D eigenvalue weighted by Crippen LogP contribution is 2.31. The Morgan fingerprint density at radius 1 is 1.00 bits per heavy atom. The summed E-state index contributed by atoms with van der Waals surface area (Å²) in [4.78, 5) is 26.8. The molecule has 0 spiro atoms. The number of urea groups is 1. The van der Waals surface area contributed by atoms with Gasteiger partial charge in [0.15, 0.2) is 0 Å². The second-order valence-corrected chi connectivity index (χ2v) is 8.12. The van der Waals surface area contributed by atoms with E-state index in [9.17, 15) is 9.59 Å². The first-order valence-corrected chi connectivity index (χ1v) is 9.03. The third-order valence-electron chi connectivity index (χ3n) is 5.10. The van der Waals surface area contributed by atoms with E-state index in [1.54, 1.807) is 38.3 Å². The summed E-state index contributed by atoms with van der Waals surface area (Å²) in [6.07, 6.45) is 0. The van der Waals surface area contributed by atoms with Gasteiger partial charge >= 0.3 is 6.03 Å². The third-order valence-corrected chi connectivity index (χ3v) is 5.10. The average molecular weight is 366 g/mol. The van der Waals surface area contributed by atoms with Crippen molar-refractivity contribution in [1.82, 2.24) is 10.2 Å². The summed E-state index contributed by atoms with van der Waals surface area (Å²) in [5.41, 5.74) is 1.85. The lowest BCUT2D eigenvalue weighted by molar-refractivity contribution is -0.131. The van der Waals surface area contributed by atoms with Crippen LogP contribution < -0.4 is 10.1 Å². The minimum Gasteiger partial charge on any atom is -0.497 e. The molecule has 2 aromatic rings. The van der Waals surface area contributed by atoms with Crippen molar-refractivity contribution in [3.63, 3.8) is 0 Å². The van der Waals surface area contributed by atoms with Crippen LogP contribution in [0, 0.1) is 0 Å². The highest BCUT2D eigenvalue weighted by molar-refractivity contribution is 6.07. The van der Waals surface area contributed by atoms with E-state index >= 15 is 0 Å². The molecule has 0 saturated carbocycles. The zero-order valence-corrected chi connectivity index (χ0v) is 16.5. The maximum absolute atomic E-state index is 13.0. The van der Waals surface area contributed by atoms with Crippen molar-refractivity contribution in [2.45, 2.75) is 45.2 Å². The molecule has 0 aliphatic carbocycles. The van der Waals surface area contributed by atoms with Crippen LogP contribution in [0.3, 0.4) is 0 Å². The van der Waals surface area contributed by atoms with Gasteiger partial charge in [-0.25, -0.2) is 4.79 Å². The minimum absolute atomic E-state index is 0.0618. The van der Waals surface area contributed by atoms with Crippen LogP contribution in [0.25, 0.3) is 0 Å². The van der Waals surface area contributed by atoms with Crippen LogP contribution in [-0.2, 0) is 22.3 Å². The average Bonchev–Trinajstić information content (AvgIpc) is 2.85. The van der Waals surface area contributed by atoms with Crippen molar-refractivity contribution in [3.8, 4) is 5.75 Å². The van der Waals surface area contributed by atoms with Gasteiger partial charge in [-0.3, -0.25) is 9.69 Å². The molecule has 0 radical (unpaired) electrons. The summed E-state index contributed by atoms with van der Waals surface area (Å²) < 4.78 is 5.16. The van der Waals surface area contributed by atoms with E-state index in [1.807, 2.05) is 12.1 Å². The van der Waals surface area contributed by atoms with Gasteiger partial charge in [0.2, 0.25) is 0 Å². The van der Waals surface area contributed by atoms with Gasteiger partial charge in [-0.2, -0.15) is 0 Å². The molecule has 5 nitrogen and oxygen atoms in total. The van der Waals surface area contributed by atoms with Crippen LogP contribution in [-0.4, -0.2) is 23.9 Å². The van der Waals surface area contributed by atoms with Gasteiger partial charge in [0.25, 0.3) is 5.91 Å². The summed E-state index contributed by atoms with van der Waals surface area (Å²) >= 11 is 0. The first kappa shape index (κ1) is 19.0. The number of benzene rings is 2. The molecular weight excluding hydrogens is 340 g/mol. The smallest absolute Gasteiger partial charge is 0.325 e. The molecular formula is C22H26N2O3. The molecule has 142 valence electrons. The Morgan fingerprint density at radius 3 is 2.11 bits per heavy atom. The fourth-order valence-electron chi connectivity index (χ4n) is 3.25. The number of methoxy groups -OCH3 is 1. The summed E-state index contributed by atoms with van der Waals surface area (Å²) in [6.45, 7) is 8.44. The quantitative estimate of drug-likeness (QED) is 0.833. The number of nitrogens with one attached hydrogen (secondary N) is 1. The van der Waals surface area contributed by atoms with Gasteiger partial charge in [0, 0.05) is 0 Å². The molecule has 1 atom stereocenters. The fourth-order valence-corrected chi connectivity index (χ4v) is 3.25. The lowest BCUT2D eigenvalue weighted by Crippen LogP contribution is -2.40. The molecule has 1 saturated heterocycles. The second kappa shape index (κ2) is 6.72. The standard InChI is InChI=1S/C22H26N2O3/c1-21(2,3)16-8-6-15(7-9-16)14-24-19(25)22(4,23-20(24)26)17-10-12-18(27-5)13-11-17/h6-13H,14H2,1-5H3,(H,23,26). The Bertz CT molecular complexity index is 851. The van der Waals surface area contributed by atoms with Crippen LogP contribution in [0.4, 0.5) is 4.79 Å². The van der Waals surface area contributed by atoms with Gasteiger partial charge in [-0.15, -0.1) is 0 Å². The molecule has 1 aliphatic heterocycles. The van der Waals surface area contributed by atoms with Crippen molar-refractivity contribution in [1.29, 1.82) is 0 Å². The Morgan fingerprint density at radius 2 is 1.59 bits per heavy atom. The van der Waals surface area contributed by atoms with Gasteiger partial charge in [0.05, 0.1) is 13.7 Å². The first-order valence-electron chi connectivity index (χ1n) is 9.03. The molecule has 27 heavy (non-hydrogen) atoms. The van der Waals surface area contributed by atoms with E-state index in [2.05, 4.69) is 38.2 Å². The maximum atomic E-state index is 13.0. The number of rotatable bonds is 4. The molecule has 1 unspecified atom stereocenters. The summed E-state index contributed by atoms with van der Waals surface area (Å²) in [5, 5.41) is 2.84. The van der Waals surface area contributed by atoms with Crippen LogP contribution in [0.15, 0.2) is 48.5 Å². The topological polar surface area (TPSA) is 58.6 Å². The predicted molar refractivity (Wildman–Crippen MR) is 105 cm³/mol. The second-order valence-electron chi connectivity index (χ2n) is 8.12. The highest BCUT2D eigenvalue weighted by atomic mass is 16.5. The number of carbonyl (C=O) groups excluding carboxylic acids is 2. The normalized spacial score (nSPS) is 20.0. The monoisotopic (exact) mass is 366 g/mol. The zero-order chi connectivity index (χ0) is 19.8. The largest absolute Gasteiger partial charge is 0.497 e. The van der Waals surface area contributed by atoms with E-state index in [4.69, 9.17) is 4.74 Å². The molecule has 5 heteroatoms. The van der Waals surface area contributed by atoms with Crippen molar-refractivity contribution < 1.29 is 14.3 Å². The SMILES string of the molecule is COc1ccc(C2(C)NC(=O)N(Cc3ccc(C(C)(C)C)cc3)C2=O)cc1. The lowest BCUT2D eigenvalue weighted by Gasteiger charge is -2.23. The zero-order valence-electron chi connectivity index (χ0n) is 16.5. The number of carbonyl (C=O) groups is 2. The van der Waals surface area contributed by atoms with Crippen LogP contribution in [0.5, 0.6) is 5.75 Å². The van der Waals surface area contributed by atoms with Gasteiger partial charge in [0.1, 0.15) is 11.3 Å². The summed E-state index contributed by atoms with van der Waals surface area (Å²) in [6, 6.07) is 14.9. The van der Waals surface area contributed by atoms with Crippen molar-refractivity contribution in [3.05, 3.63) is 65.2 Å². The van der Waals surface area contributed by atoms with Crippen LogP contribution in [0.2, 0.25) is 0 Å². The van der Waals surface area contributed by atoms with E-state index in [-0.39, 0.29) is 23.9 Å². The van der Waals surface area contributed by atoms with E-state index in [0.717, 1.165) is 11.1 Å². The molecule has 1 heterocycles. The van der Waals surface area contributed by atoms with Crippen molar-refractivity contribution in [2.24, 2.45) is 0 Å². The molecule has 0 bridgehead atoms. The Balaban J connectivity index is 1.81. The minimum atomic E-state index is -1.07. The molecule has 3 rings (SSSR count). The maximum Gasteiger partial charge on any atom is 0.325 e. The number of hydrogen-bond donors (Lipinski definition) is 1. The molecule has 1 N–H and O–H groups in total. The lowest BCUT2D eigenvalue weighted by atomic mass is 9.86. The molecule has 2 aromatic carbocycles. The van der Waals surface area contributed by atoms with Crippen molar-refractivity contribution in [2.75, 3.05) is 7.11 Å². The number of amides is 3. The van der Waals surface area contributed by atoms with E-state index in [1.165, 1.54) is 10.5 Å². The predicted octanol–water partition coefficient (Wildman–Crippen LogP) is 3.96. The van der Waals surface area contributed by atoms with Crippen molar-refractivity contribution >= 4 is 11.9 Å². The number of ether oxygens (including phenoxy) is 1. The van der Waals surface area contributed by atoms with Gasteiger partial charge in [-0.05, 0) is 41.2 Å². The molecule has 1 aliphatic rings. The molecule has 1 fully saturated rings. The molecule has 3 amide bonds. The Hall–Kier alpha value is -2.82. The van der Waals surface area contributed by atoms with Gasteiger partial charge < -0.3 is 10.1 Å². The van der Waals surface area contributed by atoms with E-state index in [0.29, 0.717) is 5.75 Å². The summed E-state index contributed by atoms with van der Waals surface area (Å²) in [7, 11) is 1.59. The third kappa shape index (κ3) is 3.54. The first-order chi connectivity index (χ1) is 12.6. The van der Waals surface area contributed by atoms with Crippen LogP contribution in [0.1, 0.15) is 44.4 Å². The Kier molecular flexibility index (Phi) is 4.72. The fraction of sp³-hybridized carbons (Fsp3) is 0.364. The summed E-state index contributed by atoms with van der Waals surface area (Å²) in [5.74, 6) is 0.451. The van der Waals surface area contributed by atoms with Crippen LogP contribution >= 0.6 is 0 Å².